The molecule has 2 heterocycles. The summed E-state index contributed by atoms with van der Waals surface area (Å²) in [6.07, 6.45) is 4.48. The minimum absolute atomic E-state index is 0.181. The van der Waals surface area contributed by atoms with Gasteiger partial charge in [-0.2, -0.15) is 0 Å². The van der Waals surface area contributed by atoms with Gasteiger partial charge in [0.25, 0.3) is 0 Å². The van der Waals surface area contributed by atoms with Crippen LogP contribution in [0.1, 0.15) is 31.2 Å². The molecule has 0 saturated carbocycles. The fraction of sp³-hybridized carbons (Fsp3) is 0.562. The highest BCUT2D eigenvalue weighted by Gasteiger charge is 2.34. The fourth-order valence-electron chi connectivity index (χ4n) is 2.80. The summed E-state index contributed by atoms with van der Waals surface area (Å²) in [5.41, 5.74) is 1.03. The van der Waals surface area contributed by atoms with Gasteiger partial charge in [-0.05, 0) is 31.2 Å². The lowest BCUT2D eigenvalue weighted by molar-refractivity contribution is 0.0641. The third kappa shape index (κ3) is 3.51. The van der Waals surface area contributed by atoms with E-state index in [1.165, 1.54) is 6.42 Å². The Hall–Kier alpha value is -1.55. The van der Waals surface area contributed by atoms with E-state index in [1.807, 2.05) is 35.2 Å². The number of ether oxygens (including phenoxy) is 2. The fourth-order valence-corrected chi connectivity index (χ4v) is 2.80. The van der Waals surface area contributed by atoms with Crippen LogP contribution < -0.4 is 0 Å². The van der Waals surface area contributed by atoms with Crippen molar-refractivity contribution in [3.63, 3.8) is 0 Å². The van der Waals surface area contributed by atoms with Crippen LogP contribution in [0.25, 0.3) is 0 Å². The molecule has 2 saturated heterocycles. The molecule has 4 heteroatoms. The summed E-state index contributed by atoms with van der Waals surface area (Å²) < 4.78 is 10.7. The van der Waals surface area contributed by atoms with Gasteiger partial charge >= 0.3 is 6.09 Å². The van der Waals surface area contributed by atoms with Gasteiger partial charge in [0.05, 0.1) is 12.7 Å². The Bertz CT molecular complexity index is 444. The maximum absolute atomic E-state index is 12.2. The maximum Gasteiger partial charge on any atom is 0.410 e. The average Bonchev–Trinajstić information content (AvgIpc) is 3.30. The molecule has 4 nitrogen and oxygen atoms in total. The summed E-state index contributed by atoms with van der Waals surface area (Å²) in [4.78, 5) is 14.1. The first-order valence-corrected chi connectivity index (χ1v) is 7.42. The Morgan fingerprint density at radius 3 is 2.85 bits per heavy atom. The Balaban J connectivity index is 1.53. The largest absolute Gasteiger partial charge is 0.445 e. The number of epoxide rings is 1. The molecule has 0 aliphatic carbocycles. The minimum Gasteiger partial charge on any atom is -0.445 e. The first kappa shape index (κ1) is 13.4. The van der Waals surface area contributed by atoms with Crippen LogP contribution in [0.15, 0.2) is 30.3 Å². The van der Waals surface area contributed by atoms with Crippen LogP contribution in [0, 0.1) is 0 Å². The van der Waals surface area contributed by atoms with Crippen molar-refractivity contribution >= 4 is 6.09 Å². The number of amides is 1. The number of benzene rings is 1. The quantitative estimate of drug-likeness (QED) is 0.793. The second-order valence-electron chi connectivity index (χ2n) is 5.57. The van der Waals surface area contributed by atoms with Gasteiger partial charge in [0.2, 0.25) is 0 Å². The first-order valence-electron chi connectivity index (χ1n) is 7.42. The van der Waals surface area contributed by atoms with Crippen molar-refractivity contribution in [3.05, 3.63) is 35.9 Å². The van der Waals surface area contributed by atoms with Gasteiger partial charge in [-0.25, -0.2) is 4.79 Å². The van der Waals surface area contributed by atoms with Crippen molar-refractivity contribution in [1.29, 1.82) is 0 Å². The summed E-state index contributed by atoms with van der Waals surface area (Å²) in [5.74, 6) is 0. The van der Waals surface area contributed by atoms with E-state index in [-0.39, 0.29) is 6.09 Å². The van der Waals surface area contributed by atoms with Gasteiger partial charge < -0.3 is 14.4 Å². The lowest BCUT2D eigenvalue weighted by atomic mass is 9.99. The van der Waals surface area contributed by atoms with Crippen molar-refractivity contribution in [2.24, 2.45) is 0 Å². The molecule has 2 aliphatic heterocycles. The molecule has 2 fully saturated rings. The topological polar surface area (TPSA) is 42.1 Å². The van der Waals surface area contributed by atoms with Crippen molar-refractivity contribution in [2.45, 2.75) is 44.4 Å². The van der Waals surface area contributed by atoms with Gasteiger partial charge in [0.15, 0.2) is 0 Å². The van der Waals surface area contributed by atoms with Crippen LogP contribution in [0.5, 0.6) is 0 Å². The van der Waals surface area contributed by atoms with Crippen LogP contribution in [-0.4, -0.2) is 36.3 Å². The zero-order chi connectivity index (χ0) is 13.8. The number of hydrogen-bond donors (Lipinski definition) is 0. The van der Waals surface area contributed by atoms with E-state index < -0.39 is 0 Å². The molecule has 0 spiro atoms. The number of carbonyl (C=O) groups excluding carboxylic acids is 1. The lowest BCUT2D eigenvalue weighted by Crippen LogP contribution is -2.44. The SMILES string of the molecule is O=C(OCc1ccccc1)N1CCCC[C@@H]1C[C@@H]1CO1. The second-order valence-corrected chi connectivity index (χ2v) is 5.57. The van der Waals surface area contributed by atoms with E-state index in [2.05, 4.69) is 0 Å². The zero-order valence-corrected chi connectivity index (χ0v) is 11.7. The van der Waals surface area contributed by atoms with E-state index in [0.29, 0.717) is 18.8 Å². The molecule has 3 rings (SSSR count). The third-order valence-electron chi connectivity index (χ3n) is 4.00. The predicted octanol–water partition coefficient (Wildman–Crippen LogP) is 2.97. The molecule has 2 aliphatic rings. The second kappa shape index (κ2) is 6.27. The van der Waals surface area contributed by atoms with Gasteiger partial charge in [-0.1, -0.05) is 30.3 Å². The molecule has 1 amide bonds. The van der Waals surface area contributed by atoms with Gasteiger partial charge in [-0.3, -0.25) is 0 Å². The van der Waals surface area contributed by atoms with Crippen molar-refractivity contribution in [2.75, 3.05) is 13.2 Å². The summed E-state index contributed by atoms with van der Waals surface area (Å²) in [5, 5.41) is 0. The van der Waals surface area contributed by atoms with E-state index in [1.54, 1.807) is 0 Å². The molecule has 2 atom stereocenters. The number of likely N-dealkylation sites (tertiary alicyclic amines) is 1. The van der Waals surface area contributed by atoms with Gasteiger partial charge in [-0.15, -0.1) is 0 Å². The number of rotatable bonds is 4. The van der Waals surface area contributed by atoms with Gasteiger partial charge in [0.1, 0.15) is 6.61 Å². The average molecular weight is 275 g/mol. The Morgan fingerprint density at radius 1 is 1.30 bits per heavy atom. The predicted molar refractivity (Wildman–Crippen MR) is 75.3 cm³/mol. The molecular formula is C16H21NO3. The first-order chi connectivity index (χ1) is 9.83. The molecule has 1 aromatic carbocycles. The molecule has 0 aromatic heterocycles. The molecule has 0 bridgehead atoms. The summed E-state index contributed by atoms with van der Waals surface area (Å²) in [7, 11) is 0. The molecular weight excluding hydrogens is 254 g/mol. The summed E-state index contributed by atoms with van der Waals surface area (Å²) in [6.45, 7) is 2.01. The van der Waals surface area contributed by atoms with Crippen LogP contribution >= 0.6 is 0 Å². The van der Waals surface area contributed by atoms with Crippen molar-refractivity contribution in [3.8, 4) is 0 Å². The van der Waals surface area contributed by atoms with E-state index in [4.69, 9.17) is 9.47 Å². The minimum atomic E-state index is -0.181. The van der Waals surface area contributed by atoms with Crippen molar-refractivity contribution in [1.82, 2.24) is 4.90 Å². The van der Waals surface area contributed by atoms with Crippen LogP contribution in [0.3, 0.4) is 0 Å². The molecule has 1 aromatic rings. The molecule has 108 valence electrons. The molecule has 0 radical (unpaired) electrons. The van der Waals surface area contributed by atoms with Crippen molar-refractivity contribution < 1.29 is 14.3 Å². The number of carbonyl (C=O) groups is 1. The summed E-state index contributed by atoms with van der Waals surface area (Å²) in [6, 6.07) is 10.1. The van der Waals surface area contributed by atoms with Crippen LogP contribution in [0.4, 0.5) is 4.79 Å². The van der Waals surface area contributed by atoms with Gasteiger partial charge in [0, 0.05) is 12.6 Å². The smallest absolute Gasteiger partial charge is 0.410 e. The van der Waals surface area contributed by atoms with E-state index >= 15 is 0 Å². The highest BCUT2D eigenvalue weighted by molar-refractivity contribution is 5.68. The highest BCUT2D eigenvalue weighted by atomic mass is 16.6. The Kier molecular flexibility index (Phi) is 4.21. The Morgan fingerprint density at radius 2 is 2.10 bits per heavy atom. The normalized spacial score (nSPS) is 25.3. The summed E-state index contributed by atoms with van der Waals surface area (Å²) >= 11 is 0. The maximum atomic E-state index is 12.2. The monoisotopic (exact) mass is 275 g/mol. The highest BCUT2D eigenvalue weighted by Crippen LogP contribution is 2.26. The number of piperidine rings is 1. The molecule has 20 heavy (non-hydrogen) atoms. The molecule has 0 unspecified atom stereocenters. The zero-order valence-electron chi connectivity index (χ0n) is 11.7. The number of hydrogen-bond acceptors (Lipinski definition) is 3. The number of nitrogens with zero attached hydrogens (tertiary/aromatic N) is 1. The Labute approximate surface area is 119 Å². The van der Waals surface area contributed by atoms with Crippen LogP contribution in [0.2, 0.25) is 0 Å². The van der Waals surface area contributed by atoms with E-state index in [0.717, 1.165) is 38.0 Å². The molecule has 0 N–H and O–H groups in total. The third-order valence-corrected chi connectivity index (χ3v) is 4.00. The lowest BCUT2D eigenvalue weighted by Gasteiger charge is -2.34. The van der Waals surface area contributed by atoms with E-state index in [9.17, 15) is 4.79 Å². The standard InChI is InChI=1S/C16H21NO3/c18-16(20-11-13-6-2-1-3-7-13)17-9-5-4-8-14(17)10-15-12-19-15/h1-3,6-7,14-15H,4-5,8-12H2/t14-,15-/m1/s1. The van der Waals surface area contributed by atoms with Crippen LogP contribution in [-0.2, 0) is 16.1 Å².